The van der Waals surface area contributed by atoms with Gasteiger partial charge in [0, 0.05) is 37.2 Å². The number of aryl methyl sites for hydroxylation is 2. The molecule has 41 heavy (non-hydrogen) atoms. The molecule has 2 aliphatic heterocycles. The Bertz CT molecular complexity index is 2190. The zero-order valence-corrected chi connectivity index (χ0v) is 23.8. The van der Waals surface area contributed by atoms with Crippen molar-refractivity contribution in [2.75, 3.05) is 4.90 Å². The first-order chi connectivity index (χ1) is 20.1. The molecule has 7 aromatic rings. The number of hydrogen-bond donors (Lipinski definition) is 0. The average molecular weight is 540 g/mol. The summed E-state index contributed by atoms with van der Waals surface area (Å²) in [6.45, 7) is 4.61. The lowest BCUT2D eigenvalue weighted by Gasteiger charge is -2.36. The second-order valence-corrected chi connectivity index (χ2v) is 12.6. The van der Waals surface area contributed by atoms with Crippen LogP contribution in [0.3, 0.4) is 0 Å². The Labute approximate surface area is 244 Å². The molecule has 0 spiro atoms. The summed E-state index contributed by atoms with van der Waals surface area (Å²) < 4.78 is 2.69. The number of hydrogen-bond acceptors (Lipinski definition) is 2. The summed E-state index contributed by atoms with van der Waals surface area (Å²) in [7, 11) is 0. The number of rotatable bonds is 2. The van der Waals surface area contributed by atoms with Crippen molar-refractivity contribution in [1.82, 2.24) is 0 Å². The molecule has 3 heteroatoms. The number of anilines is 3. The Morgan fingerprint density at radius 2 is 1.32 bits per heavy atom. The van der Waals surface area contributed by atoms with Crippen LogP contribution in [-0.4, -0.2) is 6.71 Å². The monoisotopic (exact) mass is 539 g/mol. The minimum absolute atomic E-state index is 0.243. The number of benzene rings is 6. The number of thiophene rings is 1. The zero-order chi connectivity index (χ0) is 27.2. The first kappa shape index (κ1) is 23.1. The highest BCUT2D eigenvalue weighted by atomic mass is 32.1. The van der Waals surface area contributed by atoms with Gasteiger partial charge >= 0.3 is 0 Å². The maximum absolute atomic E-state index is 2.50. The summed E-state index contributed by atoms with van der Waals surface area (Å²) in [6.07, 6.45) is 0. The fraction of sp³-hybridized carbons (Fsp3) is 0.0526. The molecule has 192 valence electrons. The maximum atomic E-state index is 2.50. The van der Waals surface area contributed by atoms with Crippen molar-refractivity contribution in [3.63, 3.8) is 0 Å². The summed E-state index contributed by atoms with van der Waals surface area (Å²) in [5.74, 6) is 0. The molecule has 0 fully saturated rings. The van der Waals surface area contributed by atoms with E-state index in [1.165, 1.54) is 87.0 Å². The zero-order valence-electron chi connectivity index (χ0n) is 23.0. The van der Waals surface area contributed by atoms with Gasteiger partial charge in [-0.1, -0.05) is 95.5 Å². The maximum Gasteiger partial charge on any atom is 0.248 e. The van der Waals surface area contributed by atoms with Crippen molar-refractivity contribution in [3.05, 3.63) is 132 Å². The van der Waals surface area contributed by atoms with Crippen LogP contribution in [0.2, 0.25) is 0 Å². The van der Waals surface area contributed by atoms with Gasteiger partial charge in [0.25, 0.3) is 0 Å². The van der Waals surface area contributed by atoms with Crippen LogP contribution in [0.25, 0.3) is 42.4 Å². The van der Waals surface area contributed by atoms with Crippen LogP contribution >= 0.6 is 11.3 Å². The lowest BCUT2D eigenvalue weighted by atomic mass is 9.37. The third-order valence-corrected chi connectivity index (χ3v) is 10.1. The van der Waals surface area contributed by atoms with Crippen molar-refractivity contribution < 1.29 is 0 Å². The minimum Gasteiger partial charge on any atom is -0.311 e. The van der Waals surface area contributed by atoms with Crippen LogP contribution in [0.4, 0.5) is 17.1 Å². The van der Waals surface area contributed by atoms with Gasteiger partial charge in [-0.2, -0.15) is 0 Å². The van der Waals surface area contributed by atoms with E-state index in [4.69, 9.17) is 0 Å². The van der Waals surface area contributed by atoms with Gasteiger partial charge in [-0.15, -0.1) is 11.3 Å². The third kappa shape index (κ3) is 3.30. The van der Waals surface area contributed by atoms with E-state index in [1.807, 2.05) is 11.3 Å². The molecule has 0 radical (unpaired) electrons. The SMILES string of the molecule is Cc1ccc(N2c3ccc(C)cc3B3c4ccccc4-c4cc(-c5ccc6c(c5)sc5ccccc56)cc2c43)cc1. The summed E-state index contributed by atoms with van der Waals surface area (Å²) in [4.78, 5) is 2.50. The van der Waals surface area contributed by atoms with E-state index in [2.05, 4.69) is 140 Å². The summed E-state index contributed by atoms with van der Waals surface area (Å²) >= 11 is 1.89. The summed E-state index contributed by atoms with van der Waals surface area (Å²) in [5.41, 5.74) is 15.8. The highest BCUT2D eigenvalue weighted by molar-refractivity contribution is 7.25. The van der Waals surface area contributed by atoms with E-state index in [1.54, 1.807) is 0 Å². The molecule has 1 nitrogen and oxygen atoms in total. The summed E-state index contributed by atoms with van der Waals surface area (Å²) in [5, 5.41) is 2.69. The van der Waals surface area contributed by atoms with Gasteiger partial charge in [0.1, 0.15) is 0 Å². The van der Waals surface area contributed by atoms with Gasteiger partial charge in [0.15, 0.2) is 0 Å². The second-order valence-electron chi connectivity index (χ2n) is 11.5. The molecule has 1 aromatic heterocycles. The van der Waals surface area contributed by atoms with Crippen molar-refractivity contribution in [2.45, 2.75) is 13.8 Å². The Morgan fingerprint density at radius 1 is 0.537 bits per heavy atom. The van der Waals surface area contributed by atoms with Gasteiger partial charge < -0.3 is 4.90 Å². The van der Waals surface area contributed by atoms with E-state index in [-0.39, 0.29) is 6.71 Å². The van der Waals surface area contributed by atoms with Crippen molar-refractivity contribution in [2.24, 2.45) is 0 Å². The highest BCUT2D eigenvalue weighted by Gasteiger charge is 2.42. The van der Waals surface area contributed by atoms with E-state index >= 15 is 0 Å². The van der Waals surface area contributed by atoms with Gasteiger partial charge in [0.05, 0.1) is 0 Å². The first-order valence-corrected chi connectivity index (χ1v) is 15.1. The molecule has 0 saturated carbocycles. The fourth-order valence-corrected chi connectivity index (χ4v) is 8.25. The van der Waals surface area contributed by atoms with Crippen LogP contribution < -0.4 is 21.3 Å². The predicted octanol–water partition coefficient (Wildman–Crippen LogP) is 8.62. The Kier molecular flexibility index (Phi) is 4.77. The van der Waals surface area contributed by atoms with Crippen LogP contribution in [0.15, 0.2) is 121 Å². The fourth-order valence-electron chi connectivity index (χ4n) is 7.10. The van der Waals surface area contributed by atoms with Crippen LogP contribution in [0, 0.1) is 13.8 Å². The normalized spacial score (nSPS) is 13.0. The molecule has 0 saturated heterocycles. The average Bonchev–Trinajstić information content (AvgIpc) is 3.54. The largest absolute Gasteiger partial charge is 0.311 e. The predicted molar refractivity (Wildman–Crippen MR) is 179 cm³/mol. The smallest absolute Gasteiger partial charge is 0.248 e. The van der Waals surface area contributed by atoms with Gasteiger partial charge in [0.2, 0.25) is 6.71 Å². The summed E-state index contributed by atoms with van der Waals surface area (Å²) in [6, 6.07) is 45.6. The van der Waals surface area contributed by atoms with Crippen molar-refractivity contribution in [1.29, 1.82) is 0 Å². The van der Waals surface area contributed by atoms with Crippen molar-refractivity contribution in [3.8, 4) is 22.3 Å². The molecular weight excluding hydrogens is 513 g/mol. The Morgan fingerprint density at radius 3 is 2.22 bits per heavy atom. The highest BCUT2D eigenvalue weighted by Crippen LogP contribution is 2.44. The molecule has 0 unspecified atom stereocenters. The minimum atomic E-state index is 0.243. The lowest BCUT2D eigenvalue weighted by Crippen LogP contribution is -2.54. The molecule has 9 rings (SSSR count). The van der Waals surface area contributed by atoms with E-state index in [0.717, 1.165) is 0 Å². The molecule has 0 aliphatic carbocycles. The van der Waals surface area contributed by atoms with Crippen molar-refractivity contribution >= 4 is 71.7 Å². The Hall–Kier alpha value is -4.60. The Balaban J connectivity index is 1.34. The molecule has 6 aromatic carbocycles. The van der Waals surface area contributed by atoms with Crippen LogP contribution in [0.1, 0.15) is 11.1 Å². The molecule has 3 heterocycles. The molecule has 0 atom stereocenters. The molecule has 0 N–H and O–H groups in total. The number of fused-ring (bicyclic) bond motifs is 8. The van der Waals surface area contributed by atoms with Gasteiger partial charge in [-0.05, 0) is 89.5 Å². The molecular formula is C38H26BNS. The van der Waals surface area contributed by atoms with E-state index < -0.39 is 0 Å². The van der Waals surface area contributed by atoms with E-state index in [0.29, 0.717) is 0 Å². The lowest BCUT2D eigenvalue weighted by molar-refractivity contribution is 1.28. The molecule has 2 aliphatic rings. The first-order valence-electron chi connectivity index (χ1n) is 14.3. The second kappa shape index (κ2) is 8.45. The van der Waals surface area contributed by atoms with E-state index in [9.17, 15) is 0 Å². The standard InChI is InChI=1S/C38H26BNS/c1-23-11-15-27(16-12-23)40-34-18-13-24(2)19-33(34)39-32-9-5-3-7-28(32)31-20-26(21-35(40)38(31)39)25-14-17-30-29-8-4-6-10-36(29)41-37(30)22-25/h3-22H,1-2H3. The number of nitrogens with zero attached hydrogens (tertiary/aromatic N) is 1. The van der Waals surface area contributed by atoms with Crippen LogP contribution in [0.5, 0.6) is 0 Å². The van der Waals surface area contributed by atoms with Crippen LogP contribution in [-0.2, 0) is 0 Å². The topological polar surface area (TPSA) is 3.24 Å². The quantitative estimate of drug-likeness (QED) is 0.199. The molecule has 0 bridgehead atoms. The molecule has 0 amide bonds. The third-order valence-electron chi connectivity index (χ3n) is 8.99. The van der Waals surface area contributed by atoms with Gasteiger partial charge in [-0.3, -0.25) is 0 Å². The van der Waals surface area contributed by atoms with Gasteiger partial charge in [-0.25, -0.2) is 0 Å².